The smallest absolute Gasteiger partial charge is 0.0619 e. The van der Waals surface area contributed by atoms with Gasteiger partial charge in [0.1, 0.15) is 0 Å². The molecule has 2 aromatic heterocycles. The Kier molecular flexibility index (Phi) is 5.32. The summed E-state index contributed by atoms with van der Waals surface area (Å²) in [6, 6.07) is 60.8. The molecule has 0 amide bonds. The quantitative estimate of drug-likeness (QED) is 0.168. The summed E-state index contributed by atoms with van der Waals surface area (Å²) in [7, 11) is 0. The number of benzene rings is 9. The van der Waals surface area contributed by atoms with Crippen molar-refractivity contribution < 1.29 is 0 Å². The van der Waals surface area contributed by atoms with Crippen LogP contribution in [0.5, 0.6) is 0 Å². The van der Waals surface area contributed by atoms with E-state index < -0.39 is 0 Å². The van der Waals surface area contributed by atoms with Crippen LogP contribution in [0, 0.1) is 0 Å². The van der Waals surface area contributed by atoms with Gasteiger partial charge in [0.15, 0.2) is 0 Å². The first-order valence-corrected chi connectivity index (χ1v) is 17.3. The van der Waals surface area contributed by atoms with Crippen molar-refractivity contribution in [2.45, 2.75) is 0 Å². The zero-order valence-electron chi connectivity index (χ0n) is 25.9. The predicted molar refractivity (Wildman–Crippen MR) is 209 cm³/mol. The Morgan fingerprint density at radius 2 is 0.917 bits per heavy atom. The van der Waals surface area contributed by atoms with Crippen molar-refractivity contribution in [3.05, 3.63) is 164 Å². The maximum atomic E-state index is 2.50. The number of fused-ring (bicyclic) bond motifs is 14. The fourth-order valence-corrected chi connectivity index (χ4v) is 9.24. The highest BCUT2D eigenvalue weighted by Gasteiger charge is 2.18. The van der Waals surface area contributed by atoms with Gasteiger partial charge in [-0.15, -0.1) is 11.3 Å². The Morgan fingerprint density at radius 1 is 0.333 bits per heavy atom. The Bertz CT molecular complexity index is 3100. The Morgan fingerprint density at radius 3 is 1.67 bits per heavy atom. The van der Waals surface area contributed by atoms with E-state index in [9.17, 15) is 0 Å². The third-order valence-electron chi connectivity index (χ3n) is 10.4. The average Bonchev–Trinajstić information content (AvgIpc) is 3.69. The van der Waals surface area contributed by atoms with Crippen LogP contribution < -0.4 is 0 Å². The first kappa shape index (κ1) is 26.1. The SMILES string of the molecule is c1ccc2c(c1)ccc1c3cc4c5ccccc5c5ccccc5c4cc3n(-c3ccc(-c4ccc5sc6ccccc6c5c4)cc3)c21. The van der Waals surface area contributed by atoms with Crippen LogP contribution in [0.3, 0.4) is 0 Å². The van der Waals surface area contributed by atoms with Crippen LogP contribution in [-0.4, -0.2) is 4.57 Å². The van der Waals surface area contributed by atoms with E-state index in [4.69, 9.17) is 0 Å². The molecule has 0 N–H and O–H groups in total. The first-order chi connectivity index (χ1) is 23.8. The van der Waals surface area contributed by atoms with Crippen LogP contribution in [0.15, 0.2) is 164 Å². The topological polar surface area (TPSA) is 4.93 Å². The second kappa shape index (κ2) is 9.78. The molecule has 0 aliphatic carbocycles. The lowest BCUT2D eigenvalue weighted by atomic mass is 9.93. The second-order valence-electron chi connectivity index (χ2n) is 12.9. The van der Waals surface area contributed by atoms with E-state index in [1.807, 2.05) is 11.3 Å². The van der Waals surface area contributed by atoms with E-state index in [2.05, 4.69) is 168 Å². The van der Waals surface area contributed by atoms with Gasteiger partial charge in [0.25, 0.3) is 0 Å². The fraction of sp³-hybridized carbons (Fsp3) is 0. The van der Waals surface area contributed by atoms with Gasteiger partial charge in [-0.2, -0.15) is 0 Å². The number of aromatic nitrogens is 1. The van der Waals surface area contributed by atoms with Crippen molar-refractivity contribution in [3.8, 4) is 16.8 Å². The lowest BCUT2D eigenvalue weighted by molar-refractivity contribution is 1.19. The molecule has 0 saturated carbocycles. The first-order valence-electron chi connectivity index (χ1n) is 16.5. The summed E-state index contributed by atoms with van der Waals surface area (Å²) in [5, 5.41) is 15.5. The van der Waals surface area contributed by atoms with Crippen LogP contribution in [0.25, 0.3) is 102 Å². The zero-order chi connectivity index (χ0) is 31.3. The third kappa shape index (κ3) is 3.61. The minimum atomic E-state index is 1.17. The number of hydrogen-bond acceptors (Lipinski definition) is 1. The molecule has 0 aliphatic heterocycles. The molecule has 0 radical (unpaired) electrons. The highest BCUT2D eigenvalue weighted by molar-refractivity contribution is 7.25. The maximum Gasteiger partial charge on any atom is 0.0619 e. The van der Waals surface area contributed by atoms with E-state index in [0.29, 0.717) is 0 Å². The van der Waals surface area contributed by atoms with Gasteiger partial charge in [-0.05, 0) is 91.3 Å². The minimum Gasteiger partial charge on any atom is -0.309 e. The van der Waals surface area contributed by atoms with Gasteiger partial charge in [0, 0.05) is 42.0 Å². The van der Waals surface area contributed by atoms with Crippen molar-refractivity contribution in [1.29, 1.82) is 0 Å². The standard InChI is InChI=1S/C46H27NS/c1-2-10-32-29(9-1)19-23-38-41-26-39-35-13-5-3-11-33(35)34-12-4-6-14-36(34)40(39)27-43(41)47(46(32)38)31-21-17-28(18-22-31)30-20-24-45-42(25-30)37-15-7-8-16-44(37)48-45/h1-27H. The number of nitrogens with zero attached hydrogens (tertiary/aromatic N) is 1. The van der Waals surface area contributed by atoms with Crippen LogP contribution in [0.2, 0.25) is 0 Å². The molecule has 222 valence electrons. The molecule has 1 nitrogen and oxygen atoms in total. The average molecular weight is 626 g/mol. The molecule has 0 unspecified atom stereocenters. The second-order valence-corrected chi connectivity index (χ2v) is 14.0. The summed E-state index contributed by atoms with van der Waals surface area (Å²) >= 11 is 1.87. The molecule has 0 spiro atoms. The third-order valence-corrected chi connectivity index (χ3v) is 11.5. The minimum absolute atomic E-state index is 1.17. The molecule has 0 atom stereocenters. The van der Waals surface area contributed by atoms with Crippen LogP contribution >= 0.6 is 11.3 Å². The van der Waals surface area contributed by atoms with Crippen molar-refractivity contribution >= 4 is 96.4 Å². The van der Waals surface area contributed by atoms with E-state index in [1.165, 1.54) is 102 Å². The molecular weight excluding hydrogens is 599 g/mol. The van der Waals surface area contributed by atoms with Gasteiger partial charge in [-0.25, -0.2) is 0 Å². The van der Waals surface area contributed by atoms with Crippen LogP contribution in [-0.2, 0) is 0 Å². The zero-order valence-corrected chi connectivity index (χ0v) is 26.8. The fourth-order valence-electron chi connectivity index (χ4n) is 8.15. The molecule has 11 aromatic rings. The molecule has 0 aliphatic rings. The Hall–Kier alpha value is -5.96. The van der Waals surface area contributed by atoms with Gasteiger partial charge >= 0.3 is 0 Å². The highest BCUT2D eigenvalue weighted by atomic mass is 32.1. The van der Waals surface area contributed by atoms with Gasteiger partial charge in [0.05, 0.1) is 11.0 Å². The van der Waals surface area contributed by atoms with Gasteiger partial charge in [0.2, 0.25) is 0 Å². The van der Waals surface area contributed by atoms with E-state index in [-0.39, 0.29) is 0 Å². The molecular formula is C46H27NS. The summed E-state index contributed by atoms with van der Waals surface area (Å²) in [4.78, 5) is 0. The predicted octanol–water partition coefficient (Wildman–Crippen LogP) is 13.4. The number of hydrogen-bond donors (Lipinski definition) is 0. The molecule has 11 rings (SSSR count). The van der Waals surface area contributed by atoms with Crippen molar-refractivity contribution in [2.75, 3.05) is 0 Å². The lowest BCUT2D eigenvalue weighted by Gasteiger charge is -2.13. The van der Waals surface area contributed by atoms with E-state index >= 15 is 0 Å². The summed E-state index contributed by atoms with van der Waals surface area (Å²) in [6.07, 6.45) is 0. The normalized spacial score (nSPS) is 12.2. The van der Waals surface area contributed by atoms with E-state index in [0.717, 1.165) is 0 Å². The summed E-state index contributed by atoms with van der Waals surface area (Å²) in [6.45, 7) is 0. The molecule has 0 fully saturated rings. The van der Waals surface area contributed by atoms with Crippen LogP contribution in [0.1, 0.15) is 0 Å². The Labute approximate surface area is 280 Å². The number of rotatable bonds is 2. The van der Waals surface area contributed by atoms with Gasteiger partial charge in [-0.3, -0.25) is 0 Å². The maximum absolute atomic E-state index is 2.50. The van der Waals surface area contributed by atoms with E-state index in [1.54, 1.807) is 0 Å². The molecule has 2 heterocycles. The van der Waals surface area contributed by atoms with Crippen molar-refractivity contribution in [3.63, 3.8) is 0 Å². The lowest BCUT2D eigenvalue weighted by Crippen LogP contribution is -1.95. The summed E-state index contributed by atoms with van der Waals surface area (Å²) in [5.41, 5.74) is 6.12. The van der Waals surface area contributed by atoms with Crippen molar-refractivity contribution in [2.24, 2.45) is 0 Å². The number of thiophene rings is 1. The molecule has 48 heavy (non-hydrogen) atoms. The Balaban J connectivity index is 1.20. The van der Waals surface area contributed by atoms with Crippen LogP contribution in [0.4, 0.5) is 0 Å². The molecule has 2 heteroatoms. The largest absolute Gasteiger partial charge is 0.309 e. The highest BCUT2D eigenvalue weighted by Crippen LogP contribution is 2.43. The van der Waals surface area contributed by atoms with Crippen molar-refractivity contribution in [1.82, 2.24) is 4.57 Å². The summed E-state index contributed by atoms with van der Waals surface area (Å²) in [5.74, 6) is 0. The molecule has 9 aromatic carbocycles. The monoisotopic (exact) mass is 625 g/mol. The molecule has 0 saturated heterocycles. The van der Waals surface area contributed by atoms with Gasteiger partial charge in [-0.1, -0.05) is 121 Å². The molecule has 0 bridgehead atoms. The van der Waals surface area contributed by atoms with Gasteiger partial charge < -0.3 is 4.57 Å². The summed E-state index contributed by atoms with van der Waals surface area (Å²) < 4.78 is 5.17.